The van der Waals surface area contributed by atoms with Crippen LogP contribution in [0.5, 0.6) is 11.5 Å². The van der Waals surface area contributed by atoms with Crippen LogP contribution in [0.3, 0.4) is 0 Å². The van der Waals surface area contributed by atoms with Crippen molar-refractivity contribution in [3.8, 4) is 11.5 Å². The minimum Gasteiger partial charge on any atom is -0.493 e. The van der Waals surface area contributed by atoms with Gasteiger partial charge in [0.1, 0.15) is 0 Å². The Morgan fingerprint density at radius 3 is 2.21 bits per heavy atom. The summed E-state index contributed by atoms with van der Waals surface area (Å²) in [4.78, 5) is 14.7. The number of methoxy groups -OCH3 is 1. The van der Waals surface area contributed by atoms with Crippen LogP contribution in [-0.4, -0.2) is 38.6 Å². The van der Waals surface area contributed by atoms with Gasteiger partial charge in [0.15, 0.2) is 11.5 Å². The SMILES string of the molecule is COc1ccc(CN(C(=O)CC(C)CC(C)(C)C)C(C)C)cc1OS(C)(=O)=O. The van der Waals surface area contributed by atoms with Crippen molar-refractivity contribution in [2.45, 2.75) is 67.0 Å². The van der Waals surface area contributed by atoms with Crippen molar-refractivity contribution >= 4 is 16.0 Å². The van der Waals surface area contributed by atoms with Crippen LogP contribution in [-0.2, 0) is 21.5 Å². The van der Waals surface area contributed by atoms with Crippen molar-refractivity contribution in [1.29, 1.82) is 0 Å². The summed E-state index contributed by atoms with van der Waals surface area (Å²) in [6.45, 7) is 13.0. The molecule has 1 amide bonds. The first-order chi connectivity index (χ1) is 12.7. The Morgan fingerprint density at radius 1 is 1.14 bits per heavy atom. The van der Waals surface area contributed by atoms with Gasteiger partial charge in [-0.2, -0.15) is 8.42 Å². The molecule has 0 aliphatic rings. The molecule has 6 nitrogen and oxygen atoms in total. The van der Waals surface area contributed by atoms with Crippen LogP contribution in [0.15, 0.2) is 18.2 Å². The zero-order valence-electron chi connectivity index (χ0n) is 18.4. The molecule has 0 bridgehead atoms. The van der Waals surface area contributed by atoms with Crippen molar-refractivity contribution in [3.63, 3.8) is 0 Å². The van der Waals surface area contributed by atoms with Gasteiger partial charge in [-0.25, -0.2) is 0 Å². The first kappa shape index (κ1) is 24.3. The molecule has 1 aromatic rings. The van der Waals surface area contributed by atoms with Crippen LogP contribution in [0.25, 0.3) is 0 Å². The lowest BCUT2D eigenvalue weighted by Crippen LogP contribution is -2.37. The molecule has 0 saturated carbocycles. The number of rotatable bonds is 9. The van der Waals surface area contributed by atoms with E-state index >= 15 is 0 Å². The van der Waals surface area contributed by atoms with E-state index in [2.05, 4.69) is 27.7 Å². The quantitative estimate of drug-likeness (QED) is 0.566. The first-order valence-electron chi connectivity index (χ1n) is 9.57. The molecule has 0 saturated heterocycles. The van der Waals surface area contributed by atoms with Gasteiger partial charge >= 0.3 is 10.1 Å². The third-order valence-corrected chi connectivity index (χ3v) is 4.73. The van der Waals surface area contributed by atoms with E-state index < -0.39 is 10.1 Å². The lowest BCUT2D eigenvalue weighted by molar-refractivity contribution is -0.134. The number of ether oxygens (including phenoxy) is 1. The van der Waals surface area contributed by atoms with Gasteiger partial charge in [0.25, 0.3) is 0 Å². The summed E-state index contributed by atoms with van der Waals surface area (Å²) < 4.78 is 33.2. The number of hydrogen-bond acceptors (Lipinski definition) is 5. The predicted molar refractivity (Wildman–Crippen MR) is 112 cm³/mol. The van der Waals surface area contributed by atoms with Gasteiger partial charge in [-0.3, -0.25) is 4.79 Å². The molecule has 1 unspecified atom stereocenters. The van der Waals surface area contributed by atoms with Gasteiger partial charge in [-0.15, -0.1) is 0 Å². The highest BCUT2D eigenvalue weighted by Crippen LogP contribution is 2.30. The van der Waals surface area contributed by atoms with Gasteiger partial charge in [0.05, 0.1) is 13.4 Å². The van der Waals surface area contributed by atoms with Crippen molar-refractivity contribution in [2.75, 3.05) is 13.4 Å². The highest BCUT2D eigenvalue weighted by Gasteiger charge is 2.23. The van der Waals surface area contributed by atoms with Crippen molar-refractivity contribution < 1.29 is 22.1 Å². The second kappa shape index (κ2) is 9.63. The third kappa shape index (κ3) is 8.50. The molecule has 1 rings (SSSR count). The largest absolute Gasteiger partial charge is 0.493 e. The molecule has 28 heavy (non-hydrogen) atoms. The molecule has 0 spiro atoms. The molecule has 0 aliphatic heterocycles. The maximum Gasteiger partial charge on any atom is 0.306 e. The summed E-state index contributed by atoms with van der Waals surface area (Å²) in [5.41, 5.74) is 0.959. The van der Waals surface area contributed by atoms with Gasteiger partial charge in [0.2, 0.25) is 5.91 Å². The maximum absolute atomic E-state index is 12.9. The van der Waals surface area contributed by atoms with E-state index in [0.29, 0.717) is 18.7 Å². The number of benzene rings is 1. The average Bonchev–Trinajstić information content (AvgIpc) is 2.48. The molecule has 160 valence electrons. The summed E-state index contributed by atoms with van der Waals surface area (Å²) in [6, 6.07) is 5.10. The number of amides is 1. The number of carbonyl (C=O) groups is 1. The second-order valence-electron chi connectivity index (χ2n) is 8.96. The van der Waals surface area contributed by atoms with Crippen LogP contribution < -0.4 is 8.92 Å². The monoisotopic (exact) mass is 413 g/mol. The molecule has 0 radical (unpaired) electrons. The van der Waals surface area contributed by atoms with Crippen LogP contribution in [0.2, 0.25) is 0 Å². The number of nitrogens with zero attached hydrogens (tertiary/aromatic N) is 1. The zero-order valence-corrected chi connectivity index (χ0v) is 19.2. The van der Waals surface area contributed by atoms with E-state index in [9.17, 15) is 13.2 Å². The standard InChI is InChI=1S/C21H35NO5S/c1-15(2)22(20(23)11-16(3)13-21(4,5)6)14-17-9-10-18(26-7)19(12-17)27-28(8,24)25/h9-10,12,15-16H,11,13-14H2,1-8H3. The summed E-state index contributed by atoms with van der Waals surface area (Å²) in [7, 11) is -2.23. The smallest absolute Gasteiger partial charge is 0.306 e. The number of hydrogen-bond donors (Lipinski definition) is 0. The molecule has 1 aromatic carbocycles. The molecule has 0 aliphatic carbocycles. The Bertz CT molecular complexity index is 765. The van der Waals surface area contributed by atoms with Crippen molar-refractivity contribution in [1.82, 2.24) is 4.90 Å². The van der Waals surface area contributed by atoms with E-state index in [4.69, 9.17) is 8.92 Å². The normalized spacial score (nSPS) is 13.3. The molecular formula is C21H35NO5S. The Morgan fingerprint density at radius 2 is 1.75 bits per heavy atom. The van der Waals surface area contributed by atoms with Crippen molar-refractivity contribution in [2.24, 2.45) is 11.3 Å². The third-order valence-electron chi connectivity index (χ3n) is 4.25. The van der Waals surface area contributed by atoms with Crippen LogP contribution in [0.1, 0.15) is 59.9 Å². The Balaban J connectivity index is 3.00. The fraction of sp³-hybridized carbons (Fsp3) is 0.667. The minimum atomic E-state index is -3.68. The number of carbonyl (C=O) groups excluding carboxylic acids is 1. The van der Waals surface area contributed by atoms with E-state index in [1.54, 1.807) is 12.1 Å². The van der Waals surface area contributed by atoms with Gasteiger partial charge in [-0.05, 0) is 49.3 Å². The average molecular weight is 414 g/mol. The first-order valence-corrected chi connectivity index (χ1v) is 11.4. The maximum atomic E-state index is 12.9. The molecule has 7 heteroatoms. The van der Waals surface area contributed by atoms with Crippen LogP contribution in [0, 0.1) is 11.3 Å². The summed E-state index contributed by atoms with van der Waals surface area (Å²) in [5, 5.41) is 0. The second-order valence-corrected chi connectivity index (χ2v) is 10.5. The van der Waals surface area contributed by atoms with Crippen LogP contribution >= 0.6 is 0 Å². The summed E-state index contributed by atoms with van der Waals surface area (Å²) in [6.07, 6.45) is 2.44. The van der Waals surface area contributed by atoms with E-state index in [1.165, 1.54) is 7.11 Å². The van der Waals surface area contributed by atoms with Gasteiger partial charge < -0.3 is 13.8 Å². The van der Waals surface area contributed by atoms with Gasteiger partial charge in [0, 0.05) is 19.0 Å². The van der Waals surface area contributed by atoms with E-state index in [-0.39, 0.29) is 29.0 Å². The zero-order chi connectivity index (χ0) is 21.7. The lowest BCUT2D eigenvalue weighted by Gasteiger charge is -2.30. The fourth-order valence-corrected chi connectivity index (χ4v) is 3.79. The molecule has 1 atom stereocenters. The van der Waals surface area contributed by atoms with Crippen molar-refractivity contribution in [3.05, 3.63) is 23.8 Å². The Kier molecular flexibility index (Phi) is 8.35. The molecule has 0 fully saturated rings. The predicted octanol–water partition coefficient (Wildman–Crippen LogP) is 4.23. The summed E-state index contributed by atoms with van der Waals surface area (Å²) >= 11 is 0. The molecular weight excluding hydrogens is 378 g/mol. The molecule has 0 aromatic heterocycles. The van der Waals surface area contributed by atoms with E-state index in [0.717, 1.165) is 18.2 Å². The lowest BCUT2D eigenvalue weighted by atomic mass is 9.84. The fourth-order valence-electron chi connectivity index (χ4n) is 3.34. The van der Waals surface area contributed by atoms with Crippen LogP contribution in [0.4, 0.5) is 0 Å². The van der Waals surface area contributed by atoms with E-state index in [1.807, 2.05) is 24.8 Å². The highest BCUT2D eigenvalue weighted by atomic mass is 32.2. The Hall–Kier alpha value is -1.76. The minimum absolute atomic E-state index is 0.0238. The Labute approximate surface area is 170 Å². The van der Waals surface area contributed by atoms with Gasteiger partial charge in [-0.1, -0.05) is 33.8 Å². The highest BCUT2D eigenvalue weighted by molar-refractivity contribution is 7.86. The summed E-state index contributed by atoms with van der Waals surface area (Å²) in [5.74, 6) is 0.831. The molecule has 0 N–H and O–H groups in total. The molecule has 0 heterocycles. The topological polar surface area (TPSA) is 72.9 Å².